The van der Waals surface area contributed by atoms with Crippen molar-refractivity contribution in [2.45, 2.75) is 63.8 Å². The van der Waals surface area contributed by atoms with Gasteiger partial charge in [-0.25, -0.2) is 4.79 Å². The van der Waals surface area contributed by atoms with Crippen LogP contribution in [0.1, 0.15) is 48.4 Å². The van der Waals surface area contributed by atoms with Crippen LogP contribution >= 0.6 is 0 Å². The summed E-state index contributed by atoms with van der Waals surface area (Å²) in [5.74, 6) is 0.0105. The number of benzene rings is 1. The van der Waals surface area contributed by atoms with E-state index >= 15 is 0 Å². The van der Waals surface area contributed by atoms with Crippen LogP contribution in [0.25, 0.3) is 22.3 Å². The van der Waals surface area contributed by atoms with Crippen LogP contribution in [0, 0.1) is 13.8 Å². The Morgan fingerprint density at radius 2 is 1.81 bits per heavy atom. The van der Waals surface area contributed by atoms with Crippen LogP contribution in [0.2, 0.25) is 0 Å². The van der Waals surface area contributed by atoms with E-state index in [0.717, 1.165) is 48.8 Å². The minimum absolute atomic E-state index is 0.0105. The van der Waals surface area contributed by atoms with E-state index in [9.17, 15) is 23.1 Å². The van der Waals surface area contributed by atoms with Gasteiger partial charge in [-0.15, -0.1) is 10.2 Å². The number of hydrogen-bond acceptors (Lipinski definition) is 5. The number of nitrogens with zero attached hydrogens (tertiary/aromatic N) is 4. The average Bonchev–Trinajstić information content (AvgIpc) is 3.32. The second kappa shape index (κ2) is 8.95. The number of hydrogen-bond donors (Lipinski definition) is 1. The van der Waals surface area contributed by atoms with Crippen LogP contribution < -0.4 is 4.74 Å². The Morgan fingerprint density at radius 1 is 1.08 bits per heavy atom. The molecule has 1 N–H and O–H groups in total. The van der Waals surface area contributed by atoms with Gasteiger partial charge in [-0.2, -0.15) is 13.2 Å². The van der Waals surface area contributed by atoms with Crippen molar-refractivity contribution in [3.8, 4) is 17.0 Å². The lowest BCUT2D eigenvalue weighted by Gasteiger charge is -2.39. The second-order valence-electron chi connectivity index (χ2n) is 9.53. The number of rotatable bonds is 5. The van der Waals surface area contributed by atoms with Crippen molar-refractivity contribution >= 4 is 17.1 Å². The van der Waals surface area contributed by atoms with Crippen molar-refractivity contribution in [3.05, 3.63) is 41.1 Å². The first-order chi connectivity index (χ1) is 17.1. The zero-order valence-electron chi connectivity index (χ0n) is 20.2. The first-order valence-electron chi connectivity index (χ1n) is 11.8. The number of methoxy groups -OCH3 is 1. The molecule has 8 nitrogen and oxygen atoms in total. The summed E-state index contributed by atoms with van der Waals surface area (Å²) in [4.78, 5) is 13.5. The first kappa shape index (κ1) is 24.4. The monoisotopic (exact) mass is 504 g/mol. The van der Waals surface area contributed by atoms with E-state index in [1.54, 1.807) is 17.9 Å². The summed E-state index contributed by atoms with van der Waals surface area (Å²) in [6.45, 7) is 3.29. The molecule has 0 saturated carbocycles. The zero-order chi connectivity index (χ0) is 25.8. The van der Waals surface area contributed by atoms with Crippen LogP contribution in [-0.2, 0) is 10.9 Å². The summed E-state index contributed by atoms with van der Waals surface area (Å²) in [5, 5.41) is 19.4. The number of aromatic nitrogens is 3. The minimum atomic E-state index is -4.53. The minimum Gasteiger partial charge on any atom is -0.467 e. The molecule has 3 unspecified atom stereocenters. The van der Waals surface area contributed by atoms with Gasteiger partial charge in [0.2, 0.25) is 0 Å². The number of aryl methyl sites for hydroxylation is 2. The van der Waals surface area contributed by atoms with E-state index in [1.807, 2.05) is 17.7 Å². The van der Waals surface area contributed by atoms with Crippen molar-refractivity contribution in [1.29, 1.82) is 0 Å². The number of ether oxygens (including phenoxy) is 2. The quantitative estimate of drug-likeness (QED) is 0.458. The van der Waals surface area contributed by atoms with Crippen molar-refractivity contribution in [2.75, 3.05) is 13.9 Å². The highest BCUT2D eigenvalue weighted by atomic mass is 19.4. The molecule has 3 aromatic rings. The number of halogens is 3. The Hall–Kier alpha value is -3.34. The molecule has 2 fully saturated rings. The van der Waals surface area contributed by atoms with Crippen molar-refractivity contribution in [2.24, 2.45) is 0 Å². The van der Waals surface area contributed by atoms with E-state index < -0.39 is 17.8 Å². The molecular formula is C25H27F3N4O4. The molecule has 11 heteroatoms. The first-order valence-corrected chi connectivity index (χ1v) is 11.8. The lowest BCUT2D eigenvalue weighted by molar-refractivity contribution is -0.137. The van der Waals surface area contributed by atoms with Crippen molar-refractivity contribution in [3.63, 3.8) is 0 Å². The Labute approximate surface area is 205 Å². The fourth-order valence-electron chi connectivity index (χ4n) is 5.81. The molecule has 2 bridgehead atoms. The van der Waals surface area contributed by atoms with Gasteiger partial charge in [0, 0.05) is 30.3 Å². The molecule has 4 heterocycles. The molecule has 2 saturated heterocycles. The third kappa shape index (κ3) is 4.04. The number of carbonyl (C=O) groups is 1. The number of fused-ring (bicyclic) bond motifs is 3. The van der Waals surface area contributed by atoms with Gasteiger partial charge in [0.1, 0.15) is 5.75 Å². The summed E-state index contributed by atoms with van der Waals surface area (Å²) in [5.41, 5.74) is 1.88. The molecule has 36 heavy (non-hydrogen) atoms. The highest BCUT2D eigenvalue weighted by molar-refractivity contribution is 5.85. The van der Waals surface area contributed by atoms with Crippen molar-refractivity contribution in [1.82, 2.24) is 19.7 Å². The summed E-state index contributed by atoms with van der Waals surface area (Å²) >= 11 is 0. The Morgan fingerprint density at radius 3 is 2.47 bits per heavy atom. The van der Waals surface area contributed by atoms with Crippen LogP contribution in [0.4, 0.5) is 18.0 Å². The Kier molecular flexibility index (Phi) is 6.06. The van der Waals surface area contributed by atoms with Crippen LogP contribution in [-0.4, -0.2) is 56.9 Å². The molecule has 3 atom stereocenters. The normalized spacial score (nSPS) is 21.8. The standard InChI is InChI=1S/C25H27F3N4O4/c1-13-8-15(25(26,27)28)9-21(36-12-35-3)22(13)18-10-17-14(2)11-31(23(17)30-29-18)19-6-4-16-5-7-20(19)32(16)24(33)34/h8-11,16,19-20H,4-7,12H2,1-3H3,(H,33,34). The van der Waals surface area contributed by atoms with Gasteiger partial charge in [-0.05, 0) is 68.9 Å². The topological polar surface area (TPSA) is 89.7 Å². The maximum atomic E-state index is 13.4. The number of alkyl halides is 3. The van der Waals surface area contributed by atoms with Crippen molar-refractivity contribution < 1.29 is 32.5 Å². The van der Waals surface area contributed by atoms with Gasteiger partial charge in [-0.3, -0.25) is 0 Å². The highest BCUT2D eigenvalue weighted by Crippen LogP contribution is 2.44. The summed E-state index contributed by atoms with van der Waals surface area (Å²) in [6, 6.07) is 3.71. The molecule has 0 aliphatic carbocycles. The molecular weight excluding hydrogens is 477 g/mol. The van der Waals surface area contributed by atoms with Crippen LogP contribution in [0.3, 0.4) is 0 Å². The molecule has 2 aromatic heterocycles. The predicted octanol–water partition coefficient (Wildman–Crippen LogP) is 5.56. The van der Waals surface area contributed by atoms with Gasteiger partial charge in [0.25, 0.3) is 0 Å². The van der Waals surface area contributed by atoms with Gasteiger partial charge in [0.05, 0.1) is 23.3 Å². The fraction of sp³-hybridized carbons (Fsp3) is 0.480. The smallest absolute Gasteiger partial charge is 0.416 e. The van der Waals surface area contributed by atoms with E-state index in [-0.39, 0.29) is 30.7 Å². The average molecular weight is 505 g/mol. The molecule has 0 spiro atoms. The highest BCUT2D eigenvalue weighted by Gasteiger charge is 2.46. The molecule has 5 rings (SSSR count). The molecule has 192 valence electrons. The van der Waals surface area contributed by atoms with Gasteiger partial charge < -0.3 is 24.0 Å². The third-order valence-electron chi connectivity index (χ3n) is 7.36. The number of amides is 1. The van der Waals surface area contributed by atoms with Crippen LogP contribution in [0.15, 0.2) is 24.4 Å². The van der Waals surface area contributed by atoms with Gasteiger partial charge in [-0.1, -0.05) is 0 Å². The molecule has 1 amide bonds. The number of piperidine rings is 1. The maximum absolute atomic E-state index is 13.4. The second-order valence-corrected chi connectivity index (χ2v) is 9.53. The SMILES string of the molecule is COCOc1cc(C(F)(F)F)cc(C)c1-c1cc2c(C)cn(C3CCC4CCC3N4C(=O)O)c2nn1. The zero-order valence-corrected chi connectivity index (χ0v) is 20.2. The largest absolute Gasteiger partial charge is 0.467 e. The molecule has 0 radical (unpaired) electrons. The maximum Gasteiger partial charge on any atom is 0.416 e. The van der Waals surface area contributed by atoms with Gasteiger partial charge in [0.15, 0.2) is 12.4 Å². The lowest BCUT2D eigenvalue weighted by Crippen LogP contribution is -2.48. The summed E-state index contributed by atoms with van der Waals surface area (Å²) < 4.78 is 52.7. The van der Waals surface area contributed by atoms with Crippen LogP contribution in [0.5, 0.6) is 5.75 Å². The summed E-state index contributed by atoms with van der Waals surface area (Å²) in [6.07, 6.45) is -0.151. The third-order valence-corrected chi connectivity index (χ3v) is 7.36. The molecule has 2 aliphatic rings. The lowest BCUT2D eigenvalue weighted by atomic mass is 9.97. The Bertz CT molecular complexity index is 1320. The molecule has 2 aliphatic heterocycles. The van der Waals surface area contributed by atoms with Gasteiger partial charge >= 0.3 is 12.3 Å². The van der Waals surface area contributed by atoms with E-state index in [0.29, 0.717) is 22.5 Å². The summed E-state index contributed by atoms with van der Waals surface area (Å²) in [7, 11) is 1.39. The van der Waals surface area contributed by atoms with E-state index in [2.05, 4.69) is 10.2 Å². The fourth-order valence-corrected chi connectivity index (χ4v) is 5.81. The van der Waals surface area contributed by atoms with E-state index in [1.165, 1.54) is 7.11 Å². The molecule has 1 aromatic carbocycles. The Balaban J connectivity index is 1.58. The van der Waals surface area contributed by atoms with E-state index in [4.69, 9.17) is 9.47 Å². The number of carboxylic acid groups (broad SMARTS) is 1. The predicted molar refractivity (Wildman–Crippen MR) is 125 cm³/mol.